The highest BCUT2D eigenvalue weighted by atomic mass is 32.2. The van der Waals surface area contributed by atoms with Gasteiger partial charge >= 0.3 is 0 Å². The molecule has 0 unspecified atom stereocenters. The van der Waals surface area contributed by atoms with Crippen molar-refractivity contribution in [1.29, 1.82) is 0 Å². The summed E-state index contributed by atoms with van der Waals surface area (Å²) in [5.41, 5.74) is 1.78. The number of carbonyl (C=O) groups excluding carboxylic acids is 1. The van der Waals surface area contributed by atoms with E-state index in [9.17, 15) is 13.2 Å². The average molecular weight is 388 g/mol. The number of hydrogen-bond donors (Lipinski definition) is 1. The Bertz CT molecular complexity index is 1060. The zero-order valence-electron chi connectivity index (χ0n) is 15.2. The van der Waals surface area contributed by atoms with Gasteiger partial charge in [0.2, 0.25) is 15.9 Å². The minimum atomic E-state index is -3.78. The van der Waals surface area contributed by atoms with Gasteiger partial charge in [0.25, 0.3) is 0 Å². The molecule has 0 radical (unpaired) electrons. The van der Waals surface area contributed by atoms with Crippen molar-refractivity contribution in [2.75, 3.05) is 18.9 Å². The topological polar surface area (TPSA) is 105 Å². The quantitative estimate of drug-likeness (QED) is 0.696. The molecule has 0 saturated carbocycles. The van der Waals surface area contributed by atoms with Crippen LogP contribution in [-0.2, 0) is 14.8 Å². The van der Waals surface area contributed by atoms with Crippen LogP contribution in [0.15, 0.2) is 52.0 Å². The summed E-state index contributed by atoms with van der Waals surface area (Å²) in [6.45, 7) is 3.63. The number of aromatic nitrogens is 2. The van der Waals surface area contributed by atoms with Gasteiger partial charge in [0.05, 0.1) is 6.54 Å². The SMILES string of the molecule is CC(C)c1nc2cc(NC(=O)CN(C)S(=O)(=O)c3cccnc3)ccc2o1. The van der Waals surface area contributed by atoms with Gasteiger partial charge in [0.15, 0.2) is 11.5 Å². The van der Waals surface area contributed by atoms with Gasteiger partial charge in [-0.1, -0.05) is 13.8 Å². The Kier molecular flexibility index (Phi) is 5.24. The Morgan fingerprint density at radius 2 is 2.07 bits per heavy atom. The third-order valence-corrected chi connectivity index (χ3v) is 5.68. The van der Waals surface area contributed by atoms with Crippen LogP contribution in [0.25, 0.3) is 11.1 Å². The van der Waals surface area contributed by atoms with Gasteiger partial charge < -0.3 is 9.73 Å². The lowest BCUT2D eigenvalue weighted by atomic mass is 10.2. The molecule has 0 aliphatic heterocycles. The van der Waals surface area contributed by atoms with Crippen molar-refractivity contribution in [3.8, 4) is 0 Å². The molecule has 0 spiro atoms. The molecule has 3 aromatic rings. The number of nitrogens with zero attached hydrogens (tertiary/aromatic N) is 3. The second-order valence-electron chi connectivity index (χ2n) is 6.39. The van der Waals surface area contributed by atoms with Crippen LogP contribution in [0.2, 0.25) is 0 Å². The van der Waals surface area contributed by atoms with Crippen molar-refractivity contribution in [3.63, 3.8) is 0 Å². The fourth-order valence-corrected chi connectivity index (χ4v) is 3.53. The number of oxazole rings is 1. The molecule has 0 bridgehead atoms. The van der Waals surface area contributed by atoms with Gasteiger partial charge in [0.1, 0.15) is 10.4 Å². The first-order valence-electron chi connectivity index (χ1n) is 8.34. The van der Waals surface area contributed by atoms with Crippen LogP contribution in [0.5, 0.6) is 0 Å². The molecule has 2 aromatic heterocycles. The van der Waals surface area contributed by atoms with E-state index in [0.717, 1.165) is 4.31 Å². The van der Waals surface area contributed by atoms with E-state index in [2.05, 4.69) is 15.3 Å². The van der Waals surface area contributed by atoms with Gasteiger partial charge in [-0.15, -0.1) is 0 Å². The fourth-order valence-electron chi connectivity index (χ4n) is 2.44. The van der Waals surface area contributed by atoms with Crippen molar-refractivity contribution < 1.29 is 17.6 Å². The monoisotopic (exact) mass is 388 g/mol. The first-order chi connectivity index (χ1) is 12.8. The molecular weight excluding hydrogens is 368 g/mol. The predicted molar refractivity (Wildman–Crippen MR) is 101 cm³/mol. The molecule has 0 atom stereocenters. The minimum absolute atomic E-state index is 0.0329. The number of likely N-dealkylation sites (N-methyl/N-ethyl adjacent to an activating group) is 1. The van der Waals surface area contributed by atoms with Crippen molar-refractivity contribution in [2.45, 2.75) is 24.7 Å². The van der Waals surface area contributed by atoms with E-state index >= 15 is 0 Å². The summed E-state index contributed by atoms with van der Waals surface area (Å²) in [5, 5.41) is 2.68. The van der Waals surface area contributed by atoms with Gasteiger partial charge in [-0.25, -0.2) is 13.4 Å². The zero-order valence-corrected chi connectivity index (χ0v) is 16.0. The van der Waals surface area contributed by atoms with Crippen molar-refractivity contribution in [1.82, 2.24) is 14.3 Å². The second kappa shape index (κ2) is 7.45. The molecule has 9 heteroatoms. The number of hydrogen-bond acceptors (Lipinski definition) is 6. The highest BCUT2D eigenvalue weighted by Crippen LogP contribution is 2.23. The van der Waals surface area contributed by atoms with E-state index in [-0.39, 0.29) is 17.4 Å². The van der Waals surface area contributed by atoms with E-state index in [1.165, 1.54) is 31.6 Å². The van der Waals surface area contributed by atoms with E-state index in [1.54, 1.807) is 18.2 Å². The molecule has 0 aliphatic rings. The van der Waals surface area contributed by atoms with Crippen LogP contribution in [0.1, 0.15) is 25.7 Å². The minimum Gasteiger partial charge on any atom is -0.440 e. The first kappa shape index (κ1) is 19.0. The number of rotatable bonds is 6. The van der Waals surface area contributed by atoms with Crippen LogP contribution in [0, 0.1) is 0 Å². The number of anilines is 1. The molecule has 1 aromatic carbocycles. The van der Waals surface area contributed by atoms with Crippen LogP contribution in [0.4, 0.5) is 5.69 Å². The highest BCUT2D eigenvalue weighted by Gasteiger charge is 2.23. The standard InChI is InChI=1S/C18H20N4O4S/c1-12(2)18-21-15-9-13(6-7-16(15)26-18)20-17(23)11-22(3)27(24,25)14-5-4-8-19-10-14/h4-10,12H,11H2,1-3H3,(H,20,23). The number of sulfonamides is 1. The van der Waals surface area contributed by atoms with Crippen LogP contribution >= 0.6 is 0 Å². The summed E-state index contributed by atoms with van der Waals surface area (Å²) in [6.07, 6.45) is 2.73. The van der Waals surface area contributed by atoms with Gasteiger partial charge in [-0.3, -0.25) is 9.78 Å². The third kappa shape index (κ3) is 4.15. The number of benzene rings is 1. The maximum Gasteiger partial charge on any atom is 0.244 e. The maximum atomic E-state index is 12.4. The summed E-state index contributed by atoms with van der Waals surface area (Å²) in [7, 11) is -2.44. The van der Waals surface area contributed by atoms with Crippen molar-refractivity contribution in [3.05, 3.63) is 48.6 Å². The summed E-state index contributed by atoms with van der Waals surface area (Å²) >= 11 is 0. The Labute approximate surface area is 157 Å². The van der Waals surface area contributed by atoms with E-state index in [0.29, 0.717) is 22.7 Å². The fraction of sp³-hybridized carbons (Fsp3) is 0.278. The summed E-state index contributed by atoms with van der Waals surface area (Å²) in [6, 6.07) is 8.06. The Morgan fingerprint density at radius 1 is 1.30 bits per heavy atom. The number of nitrogens with one attached hydrogen (secondary N) is 1. The normalized spacial score (nSPS) is 12.0. The van der Waals surface area contributed by atoms with E-state index < -0.39 is 15.9 Å². The van der Waals surface area contributed by atoms with E-state index in [4.69, 9.17) is 4.42 Å². The van der Waals surface area contributed by atoms with E-state index in [1.807, 2.05) is 13.8 Å². The molecule has 8 nitrogen and oxygen atoms in total. The molecule has 0 fully saturated rings. The molecule has 1 N–H and O–H groups in total. The molecule has 3 rings (SSSR count). The summed E-state index contributed by atoms with van der Waals surface area (Å²) < 4.78 is 31.5. The molecule has 0 saturated heterocycles. The van der Waals surface area contributed by atoms with Gasteiger partial charge in [-0.05, 0) is 30.3 Å². The molecule has 2 heterocycles. The van der Waals surface area contributed by atoms with Crippen LogP contribution in [0.3, 0.4) is 0 Å². The second-order valence-corrected chi connectivity index (χ2v) is 8.43. The maximum absolute atomic E-state index is 12.4. The van der Waals surface area contributed by atoms with Crippen molar-refractivity contribution in [2.24, 2.45) is 0 Å². The Hall–Kier alpha value is -2.78. The number of carbonyl (C=O) groups is 1. The summed E-state index contributed by atoms with van der Waals surface area (Å²) in [5.74, 6) is 0.314. The smallest absolute Gasteiger partial charge is 0.244 e. The molecule has 1 amide bonds. The summed E-state index contributed by atoms with van der Waals surface area (Å²) in [4.78, 5) is 20.5. The van der Waals surface area contributed by atoms with Crippen molar-refractivity contribution >= 4 is 32.7 Å². The molecule has 0 aliphatic carbocycles. The average Bonchev–Trinajstić information content (AvgIpc) is 3.06. The largest absolute Gasteiger partial charge is 0.440 e. The van der Waals surface area contributed by atoms with Crippen LogP contribution in [-0.4, -0.2) is 42.2 Å². The van der Waals surface area contributed by atoms with Gasteiger partial charge in [-0.2, -0.15) is 4.31 Å². The van der Waals surface area contributed by atoms with Crippen LogP contribution < -0.4 is 5.32 Å². The first-order valence-corrected chi connectivity index (χ1v) is 9.78. The number of pyridine rings is 1. The van der Waals surface area contributed by atoms with Gasteiger partial charge in [0, 0.05) is 31.0 Å². The zero-order chi connectivity index (χ0) is 19.6. The third-order valence-electron chi connectivity index (χ3n) is 3.89. The Balaban J connectivity index is 1.71. The molecule has 142 valence electrons. The lowest BCUT2D eigenvalue weighted by Crippen LogP contribution is -2.35. The highest BCUT2D eigenvalue weighted by molar-refractivity contribution is 7.89. The molecule has 27 heavy (non-hydrogen) atoms. The number of fused-ring (bicyclic) bond motifs is 1. The molecular formula is C18H20N4O4S. The lowest BCUT2D eigenvalue weighted by molar-refractivity contribution is -0.116. The number of amides is 1. The Morgan fingerprint density at radius 3 is 2.74 bits per heavy atom. The lowest BCUT2D eigenvalue weighted by Gasteiger charge is -2.16. The predicted octanol–water partition coefficient (Wildman–Crippen LogP) is 2.61.